The Labute approximate surface area is 354 Å². The summed E-state index contributed by atoms with van der Waals surface area (Å²) in [6.45, 7) is 3.43. The van der Waals surface area contributed by atoms with Crippen molar-refractivity contribution in [2.24, 2.45) is 0 Å². The number of aliphatic hydroxyl groups is 7. The van der Waals surface area contributed by atoms with E-state index in [1.807, 2.05) is 0 Å². The van der Waals surface area contributed by atoms with Gasteiger partial charge in [0.2, 0.25) is 5.91 Å². The van der Waals surface area contributed by atoms with Crippen LogP contribution in [0.3, 0.4) is 0 Å². The third-order valence-corrected chi connectivity index (χ3v) is 12.2. The van der Waals surface area contributed by atoms with Crippen molar-refractivity contribution in [2.45, 2.75) is 281 Å². The molecule has 0 aliphatic carbocycles. The molecule has 0 aromatic rings. The van der Waals surface area contributed by atoms with E-state index in [0.29, 0.717) is 19.3 Å². The fourth-order valence-electron chi connectivity index (χ4n) is 8.09. The minimum Gasteiger partial charge on any atom is -0.394 e. The van der Waals surface area contributed by atoms with Crippen molar-refractivity contribution in [3.63, 3.8) is 0 Å². The third-order valence-electron chi connectivity index (χ3n) is 12.2. The summed E-state index contributed by atoms with van der Waals surface area (Å²) in [7, 11) is 0. The molecule has 11 heteroatoms. The van der Waals surface area contributed by atoms with Crippen LogP contribution in [0.1, 0.15) is 226 Å². The molecule has 1 fully saturated rings. The van der Waals surface area contributed by atoms with Crippen molar-refractivity contribution in [3.05, 3.63) is 0 Å². The highest BCUT2D eigenvalue weighted by atomic mass is 16.7. The van der Waals surface area contributed by atoms with E-state index in [4.69, 9.17) is 9.47 Å². The van der Waals surface area contributed by atoms with Crippen LogP contribution in [0.5, 0.6) is 0 Å². The molecule has 0 saturated carbocycles. The standard InChI is InChI=1S/C47H93NO10/c1-3-5-7-9-11-13-14-15-16-17-18-19-20-21-22-23-24-25-27-29-31-33-35-40(51)46(56)48-38(37-57-47-45(55)44(54)43(53)41(36-49)58-47)42(52)39(50)34-32-30-28-26-12-10-8-6-4-2/h38-45,47,49-55H,3-37H2,1-2H3,(H,48,56). The van der Waals surface area contributed by atoms with E-state index in [1.54, 1.807) is 0 Å². The Hall–Kier alpha value is -0.890. The molecule has 9 atom stereocenters. The van der Waals surface area contributed by atoms with Crippen LogP contribution in [0.2, 0.25) is 0 Å². The maximum absolute atomic E-state index is 13.1. The van der Waals surface area contributed by atoms with Crippen molar-refractivity contribution in [3.8, 4) is 0 Å². The van der Waals surface area contributed by atoms with E-state index in [-0.39, 0.29) is 6.42 Å². The zero-order valence-corrected chi connectivity index (χ0v) is 37.3. The minimum atomic E-state index is -1.65. The van der Waals surface area contributed by atoms with Crippen LogP contribution in [0.4, 0.5) is 0 Å². The molecule has 8 N–H and O–H groups in total. The van der Waals surface area contributed by atoms with Gasteiger partial charge in [0.25, 0.3) is 0 Å². The van der Waals surface area contributed by atoms with E-state index in [2.05, 4.69) is 19.2 Å². The molecule has 1 aliphatic rings. The molecule has 1 rings (SSSR count). The van der Waals surface area contributed by atoms with Gasteiger partial charge in [0.05, 0.1) is 25.4 Å². The van der Waals surface area contributed by atoms with E-state index in [0.717, 1.165) is 38.5 Å². The third kappa shape index (κ3) is 27.1. The van der Waals surface area contributed by atoms with E-state index in [9.17, 15) is 40.5 Å². The van der Waals surface area contributed by atoms with E-state index < -0.39 is 74.2 Å². The van der Waals surface area contributed by atoms with Crippen molar-refractivity contribution < 1.29 is 50.0 Å². The molecule has 9 unspecified atom stereocenters. The van der Waals surface area contributed by atoms with Crippen LogP contribution in [0.25, 0.3) is 0 Å². The Bertz CT molecular complexity index is 913. The summed E-state index contributed by atoms with van der Waals surface area (Å²) in [6, 6.07) is -1.16. The Balaban J connectivity index is 2.31. The van der Waals surface area contributed by atoms with Gasteiger partial charge in [-0.1, -0.05) is 213 Å². The van der Waals surface area contributed by atoms with Gasteiger partial charge in [0, 0.05) is 0 Å². The molecule has 1 amide bonds. The van der Waals surface area contributed by atoms with Crippen molar-refractivity contribution in [2.75, 3.05) is 13.2 Å². The maximum atomic E-state index is 13.1. The maximum Gasteiger partial charge on any atom is 0.249 e. The summed E-state index contributed by atoms with van der Waals surface area (Å²) >= 11 is 0. The van der Waals surface area contributed by atoms with E-state index in [1.165, 1.54) is 148 Å². The first-order valence-electron chi connectivity index (χ1n) is 24.4. The number of hydrogen-bond acceptors (Lipinski definition) is 10. The van der Waals surface area contributed by atoms with Crippen LogP contribution in [0, 0.1) is 0 Å². The number of carbonyl (C=O) groups excluding carboxylic acids is 1. The molecule has 1 aliphatic heterocycles. The Morgan fingerprint density at radius 1 is 0.534 bits per heavy atom. The lowest BCUT2D eigenvalue weighted by atomic mass is 9.98. The average molecular weight is 832 g/mol. The number of aliphatic hydroxyl groups excluding tert-OH is 7. The average Bonchev–Trinajstić information content (AvgIpc) is 3.22. The molecule has 58 heavy (non-hydrogen) atoms. The van der Waals surface area contributed by atoms with Gasteiger partial charge in [-0.2, -0.15) is 0 Å². The molecule has 0 aromatic heterocycles. The molecule has 346 valence electrons. The predicted molar refractivity (Wildman–Crippen MR) is 233 cm³/mol. The first-order chi connectivity index (χ1) is 28.2. The summed E-state index contributed by atoms with van der Waals surface area (Å²) in [5.41, 5.74) is 0. The fourth-order valence-corrected chi connectivity index (χ4v) is 8.09. The topological polar surface area (TPSA) is 189 Å². The Kier molecular flexibility index (Phi) is 36.0. The van der Waals surface area contributed by atoms with Gasteiger partial charge in [-0.15, -0.1) is 0 Å². The molecule has 11 nitrogen and oxygen atoms in total. The number of unbranched alkanes of at least 4 members (excludes halogenated alkanes) is 29. The van der Waals surface area contributed by atoms with Gasteiger partial charge in [-0.3, -0.25) is 4.79 Å². The first-order valence-corrected chi connectivity index (χ1v) is 24.4. The molecule has 0 radical (unpaired) electrons. The summed E-state index contributed by atoms with van der Waals surface area (Å²) in [5.74, 6) is -0.694. The number of carbonyl (C=O) groups is 1. The zero-order valence-electron chi connectivity index (χ0n) is 37.3. The number of nitrogens with one attached hydrogen (secondary N) is 1. The molecule has 0 spiro atoms. The van der Waals surface area contributed by atoms with Gasteiger partial charge in [0.1, 0.15) is 36.6 Å². The highest BCUT2D eigenvalue weighted by Gasteiger charge is 2.44. The lowest BCUT2D eigenvalue weighted by Gasteiger charge is -2.40. The SMILES string of the molecule is CCCCCCCCCCCCCCCCCCCCCCCCC(O)C(=O)NC(COC1OC(CO)C(O)C(O)C1O)C(O)C(O)CCCCCCCCCCC. The molecular weight excluding hydrogens is 739 g/mol. The van der Waals surface area contributed by atoms with Crippen LogP contribution in [0.15, 0.2) is 0 Å². The second-order valence-corrected chi connectivity index (χ2v) is 17.5. The summed E-state index contributed by atoms with van der Waals surface area (Å²) in [4.78, 5) is 13.1. The van der Waals surface area contributed by atoms with Crippen molar-refractivity contribution in [1.29, 1.82) is 0 Å². The van der Waals surface area contributed by atoms with Crippen LogP contribution in [-0.4, -0.2) is 110 Å². The van der Waals surface area contributed by atoms with Crippen LogP contribution < -0.4 is 5.32 Å². The smallest absolute Gasteiger partial charge is 0.249 e. The van der Waals surface area contributed by atoms with Crippen molar-refractivity contribution >= 4 is 5.91 Å². The normalized spacial score (nSPS) is 21.8. The molecular formula is C47H93NO10. The number of amides is 1. The fraction of sp³-hybridized carbons (Fsp3) is 0.979. The molecule has 0 aromatic carbocycles. The van der Waals surface area contributed by atoms with Gasteiger partial charge >= 0.3 is 0 Å². The largest absolute Gasteiger partial charge is 0.394 e. The van der Waals surface area contributed by atoms with Crippen LogP contribution in [-0.2, 0) is 14.3 Å². The van der Waals surface area contributed by atoms with Crippen LogP contribution >= 0.6 is 0 Å². The highest BCUT2D eigenvalue weighted by Crippen LogP contribution is 2.23. The summed E-state index contributed by atoms with van der Waals surface area (Å²) in [6.07, 6.45) is 27.4. The Morgan fingerprint density at radius 2 is 0.897 bits per heavy atom. The summed E-state index contributed by atoms with van der Waals surface area (Å²) < 4.78 is 11.1. The van der Waals surface area contributed by atoms with Gasteiger partial charge in [0.15, 0.2) is 6.29 Å². The monoisotopic (exact) mass is 832 g/mol. The van der Waals surface area contributed by atoms with Gasteiger partial charge in [-0.25, -0.2) is 0 Å². The zero-order chi connectivity index (χ0) is 42.6. The number of hydrogen-bond donors (Lipinski definition) is 8. The van der Waals surface area contributed by atoms with Gasteiger partial charge in [-0.05, 0) is 12.8 Å². The summed E-state index contributed by atoms with van der Waals surface area (Å²) in [5, 5.41) is 75.5. The highest BCUT2D eigenvalue weighted by molar-refractivity contribution is 5.80. The lowest BCUT2D eigenvalue weighted by molar-refractivity contribution is -0.303. The molecule has 1 heterocycles. The van der Waals surface area contributed by atoms with Crippen molar-refractivity contribution in [1.82, 2.24) is 5.32 Å². The number of ether oxygens (including phenoxy) is 2. The number of rotatable bonds is 41. The molecule has 0 bridgehead atoms. The Morgan fingerprint density at radius 3 is 1.28 bits per heavy atom. The first kappa shape index (κ1) is 55.1. The quantitative estimate of drug-likeness (QED) is 0.0279. The second-order valence-electron chi connectivity index (χ2n) is 17.5. The predicted octanol–water partition coefficient (Wildman–Crippen LogP) is 8.28. The lowest BCUT2D eigenvalue weighted by Crippen LogP contribution is -2.60. The minimum absolute atomic E-state index is 0.266. The second kappa shape index (κ2) is 37.8. The molecule has 1 saturated heterocycles. The van der Waals surface area contributed by atoms with E-state index >= 15 is 0 Å². The van der Waals surface area contributed by atoms with Gasteiger partial charge < -0.3 is 50.5 Å².